The molecular formula is C20H21N5O2. The molecule has 7 heteroatoms. The lowest BCUT2D eigenvalue weighted by atomic mass is 10.0. The van der Waals surface area contributed by atoms with Gasteiger partial charge in [-0.3, -0.25) is 19.6 Å². The van der Waals surface area contributed by atoms with Crippen LogP contribution in [-0.2, 0) is 9.59 Å². The Morgan fingerprint density at radius 1 is 1.07 bits per heavy atom. The van der Waals surface area contributed by atoms with Gasteiger partial charge in [0.05, 0.1) is 11.7 Å². The van der Waals surface area contributed by atoms with Crippen LogP contribution in [0.25, 0.3) is 0 Å². The van der Waals surface area contributed by atoms with E-state index >= 15 is 0 Å². The number of carbonyl (C=O) groups is 2. The molecule has 2 atom stereocenters. The van der Waals surface area contributed by atoms with Crippen LogP contribution in [0.3, 0.4) is 0 Å². The number of benzene rings is 1. The average molecular weight is 363 g/mol. The molecule has 2 aliphatic rings. The summed E-state index contributed by atoms with van der Waals surface area (Å²) in [6.45, 7) is 0.678. The summed E-state index contributed by atoms with van der Waals surface area (Å²) in [5.74, 6) is -0.614. The standard InChI is InChI=1S/C20H21N5O2/c21-19(26)18-13-16(23-25(18)15-5-2-1-3-6-15)20(27)24-12-4-7-17(24)14-8-10-22-11-9-14/h1-3,5-6,8-11,17-18H,4,7,12-13H2,(H2,21,26). The summed E-state index contributed by atoms with van der Waals surface area (Å²) in [5.41, 5.74) is 7.77. The van der Waals surface area contributed by atoms with E-state index in [-0.39, 0.29) is 18.4 Å². The van der Waals surface area contributed by atoms with Crippen LogP contribution in [-0.4, -0.2) is 40.0 Å². The fourth-order valence-electron chi connectivity index (χ4n) is 3.79. The molecule has 0 radical (unpaired) electrons. The van der Waals surface area contributed by atoms with Crippen LogP contribution in [0.2, 0.25) is 0 Å². The highest BCUT2D eigenvalue weighted by Gasteiger charge is 2.39. The van der Waals surface area contributed by atoms with E-state index in [2.05, 4.69) is 10.1 Å². The largest absolute Gasteiger partial charge is 0.368 e. The third-order valence-corrected chi connectivity index (χ3v) is 5.11. The maximum atomic E-state index is 13.2. The summed E-state index contributed by atoms with van der Waals surface area (Å²) >= 11 is 0. The number of para-hydroxylation sites is 1. The van der Waals surface area contributed by atoms with Crippen molar-refractivity contribution in [1.29, 1.82) is 0 Å². The Morgan fingerprint density at radius 3 is 2.52 bits per heavy atom. The summed E-state index contributed by atoms with van der Waals surface area (Å²) in [5, 5.41) is 6.04. The van der Waals surface area contributed by atoms with Gasteiger partial charge in [-0.15, -0.1) is 0 Å². The average Bonchev–Trinajstić information content (AvgIpc) is 3.36. The van der Waals surface area contributed by atoms with Gasteiger partial charge in [-0.2, -0.15) is 5.10 Å². The van der Waals surface area contributed by atoms with Gasteiger partial charge in [-0.1, -0.05) is 18.2 Å². The number of aromatic nitrogens is 1. The summed E-state index contributed by atoms with van der Waals surface area (Å²) in [4.78, 5) is 31.0. The van der Waals surface area contributed by atoms with Gasteiger partial charge in [0, 0.05) is 25.4 Å². The number of nitrogens with zero attached hydrogens (tertiary/aromatic N) is 4. The molecule has 1 aromatic carbocycles. The number of anilines is 1. The first-order valence-electron chi connectivity index (χ1n) is 9.07. The molecule has 2 aromatic rings. The Labute approximate surface area is 157 Å². The number of nitrogens with two attached hydrogens (primary N) is 1. The van der Waals surface area contributed by atoms with E-state index in [1.54, 1.807) is 17.4 Å². The first-order chi connectivity index (χ1) is 13.1. The predicted octanol–water partition coefficient (Wildman–Crippen LogP) is 1.87. The number of carbonyl (C=O) groups excluding carboxylic acids is 2. The zero-order valence-corrected chi connectivity index (χ0v) is 14.9. The van der Waals surface area contributed by atoms with E-state index < -0.39 is 11.9 Å². The van der Waals surface area contributed by atoms with Crippen LogP contribution in [0.5, 0.6) is 0 Å². The summed E-state index contributed by atoms with van der Waals surface area (Å²) in [6, 6.07) is 12.6. The lowest BCUT2D eigenvalue weighted by Gasteiger charge is -2.24. The maximum Gasteiger partial charge on any atom is 0.270 e. The number of primary amides is 1. The monoisotopic (exact) mass is 363 g/mol. The molecule has 3 heterocycles. The second-order valence-electron chi connectivity index (χ2n) is 6.79. The minimum atomic E-state index is -0.645. The molecule has 27 heavy (non-hydrogen) atoms. The SMILES string of the molecule is NC(=O)C1CC(C(=O)N2CCCC2c2ccncc2)=NN1c1ccccc1. The molecule has 2 amide bonds. The van der Waals surface area contributed by atoms with Gasteiger partial charge in [0.25, 0.3) is 5.91 Å². The molecule has 2 N–H and O–H groups in total. The number of hydrogen-bond donors (Lipinski definition) is 1. The van der Waals surface area contributed by atoms with Crippen molar-refractivity contribution >= 4 is 23.2 Å². The van der Waals surface area contributed by atoms with Gasteiger partial charge in [0.1, 0.15) is 11.8 Å². The van der Waals surface area contributed by atoms with E-state index in [1.807, 2.05) is 47.4 Å². The van der Waals surface area contributed by atoms with Gasteiger partial charge in [0.15, 0.2) is 0 Å². The molecule has 2 unspecified atom stereocenters. The fraction of sp³-hybridized carbons (Fsp3) is 0.300. The number of hydrogen-bond acceptors (Lipinski definition) is 5. The third kappa shape index (κ3) is 3.28. The molecule has 2 aliphatic heterocycles. The molecule has 0 bridgehead atoms. The van der Waals surface area contributed by atoms with Crippen molar-refractivity contribution in [3.05, 3.63) is 60.4 Å². The van der Waals surface area contributed by atoms with Crippen LogP contribution >= 0.6 is 0 Å². The molecule has 4 rings (SSSR count). The van der Waals surface area contributed by atoms with Crippen LogP contribution in [0.15, 0.2) is 60.0 Å². The smallest absolute Gasteiger partial charge is 0.270 e. The van der Waals surface area contributed by atoms with Crippen molar-refractivity contribution in [1.82, 2.24) is 9.88 Å². The number of hydrazone groups is 1. The highest BCUT2D eigenvalue weighted by molar-refractivity contribution is 6.40. The van der Waals surface area contributed by atoms with E-state index in [0.717, 1.165) is 24.1 Å². The highest BCUT2D eigenvalue weighted by Crippen LogP contribution is 2.33. The lowest BCUT2D eigenvalue weighted by Crippen LogP contribution is -2.40. The summed E-state index contributed by atoms with van der Waals surface area (Å²) in [6.07, 6.45) is 5.55. The summed E-state index contributed by atoms with van der Waals surface area (Å²) in [7, 11) is 0. The van der Waals surface area contributed by atoms with Gasteiger partial charge in [-0.05, 0) is 42.7 Å². The fourth-order valence-corrected chi connectivity index (χ4v) is 3.79. The van der Waals surface area contributed by atoms with E-state index in [0.29, 0.717) is 12.3 Å². The quantitative estimate of drug-likeness (QED) is 0.897. The van der Waals surface area contributed by atoms with Crippen LogP contribution < -0.4 is 10.7 Å². The van der Waals surface area contributed by atoms with Gasteiger partial charge >= 0.3 is 0 Å². The van der Waals surface area contributed by atoms with Crippen molar-refractivity contribution in [2.45, 2.75) is 31.3 Å². The Kier molecular flexibility index (Phi) is 4.58. The number of amides is 2. The zero-order chi connectivity index (χ0) is 18.8. The minimum absolute atomic E-state index is 0.0148. The van der Waals surface area contributed by atoms with E-state index in [1.165, 1.54) is 0 Å². The Hall–Kier alpha value is -3.22. The molecule has 7 nitrogen and oxygen atoms in total. The van der Waals surface area contributed by atoms with Gasteiger partial charge in [-0.25, -0.2) is 0 Å². The lowest BCUT2D eigenvalue weighted by molar-refractivity contribution is -0.125. The maximum absolute atomic E-state index is 13.2. The number of likely N-dealkylation sites (tertiary alicyclic amines) is 1. The first-order valence-corrected chi connectivity index (χ1v) is 9.07. The van der Waals surface area contributed by atoms with Crippen molar-refractivity contribution in [2.24, 2.45) is 10.8 Å². The van der Waals surface area contributed by atoms with Gasteiger partial charge in [0.2, 0.25) is 5.91 Å². The Morgan fingerprint density at radius 2 is 1.81 bits per heavy atom. The summed E-state index contributed by atoms with van der Waals surface area (Å²) < 4.78 is 0. The van der Waals surface area contributed by atoms with Crippen LogP contribution in [0, 0.1) is 0 Å². The predicted molar refractivity (Wildman–Crippen MR) is 102 cm³/mol. The normalized spacial score (nSPS) is 22.0. The number of rotatable bonds is 4. The second kappa shape index (κ2) is 7.19. The minimum Gasteiger partial charge on any atom is -0.368 e. The first kappa shape index (κ1) is 17.2. The van der Waals surface area contributed by atoms with Crippen LogP contribution in [0.1, 0.15) is 30.9 Å². The highest BCUT2D eigenvalue weighted by atomic mass is 16.2. The molecule has 0 spiro atoms. The van der Waals surface area contributed by atoms with E-state index in [9.17, 15) is 9.59 Å². The van der Waals surface area contributed by atoms with Crippen molar-refractivity contribution in [3.63, 3.8) is 0 Å². The molecule has 0 aliphatic carbocycles. The van der Waals surface area contributed by atoms with E-state index in [4.69, 9.17) is 5.73 Å². The van der Waals surface area contributed by atoms with Crippen molar-refractivity contribution < 1.29 is 9.59 Å². The Balaban J connectivity index is 1.60. The van der Waals surface area contributed by atoms with Gasteiger partial charge < -0.3 is 10.6 Å². The number of pyridine rings is 1. The molecule has 1 saturated heterocycles. The molecule has 0 saturated carbocycles. The van der Waals surface area contributed by atoms with Crippen LogP contribution in [0.4, 0.5) is 5.69 Å². The Bertz CT molecular complexity index is 868. The molecule has 138 valence electrons. The molecule has 1 aromatic heterocycles. The van der Waals surface area contributed by atoms with Crippen molar-refractivity contribution in [3.8, 4) is 0 Å². The topological polar surface area (TPSA) is 91.9 Å². The second-order valence-corrected chi connectivity index (χ2v) is 6.79. The molecular weight excluding hydrogens is 342 g/mol. The van der Waals surface area contributed by atoms with Crippen molar-refractivity contribution in [2.75, 3.05) is 11.6 Å². The third-order valence-electron chi connectivity index (χ3n) is 5.11. The zero-order valence-electron chi connectivity index (χ0n) is 14.9. The molecule has 1 fully saturated rings.